The Morgan fingerprint density at radius 3 is 2.31 bits per heavy atom. The first-order valence-corrected chi connectivity index (χ1v) is 11.2. The molecule has 0 aliphatic rings. The van der Waals surface area contributed by atoms with Crippen molar-refractivity contribution < 1.29 is 23.2 Å². The highest BCUT2D eigenvalue weighted by Crippen LogP contribution is 2.49. The zero-order valence-corrected chi connectivity index (χ0v) is 17.4. The summed E-state index contributed by atoms with van der Waals surface area (Å²) >= 11 is 5.34. The van der Waals surface area contributed by atoms with Crippen LogP contribution < -0.4 is 9.84 Å². The van der Waals surface area contributed by atoms with E-state index in [1.165, 1.54) is 0 Å². The molecule has 9 heteroatoms. The second-order valence-electron chi connectivity index (χ2n) is 5.23. The van der Waals surface area contributed by atoms with Gasteiger partial charge < -0.3 is 9.84 Å². The van der Waals surface area contributed by atoms with Gasteiger partial charge in [0.15, 0.2) is 0 Å². The van der Waals surface area contributed by atoms with Crippen LogP contribution in [-0.2, 0) is 25.7 Å². The Labute approximate surface area is 160 Å². The summed E-state index contributed by atoms with van der Waals surface area (Å²) in [6.45, 7) is 6.08. The Morgan fingerprint density at radius 1 is 1.15 bits per heavy atom. The van der Waals surface area contributed by atoms with Crippen molar-refractivity contribution in [2.75, 3.05) is 19.8 Å². The molecule has 0 saturated heterocycles. The van der Waals surface area contributed by atoms with Crippen molar-refractivity contribution in [1.29, 1.82) is 0 Å². The Hall–Kier alpha value is -1.47. The van der Waals surface area contributed by atoms with Crippen LogP contribution in [0.25, 0.3) is 0 Å². The number of unbranched alkanes of at least 4 members (excludes halogenated alkanes) is 1. The van der Waals surface area contributed by atoms with E-state index in [0.29, 0.717) is 31.2 Å². The second-order valence-corrected chi connectivity index (χ2v) is 8.17. The Bertz CT molecular complexity index is 627. The summed E-state index contributed by atoms with van der Waals surface area (Å²) < 4.78 is 16.6. The normalized spacial score (nSPS) is 11.9. The lowest BCUT2D eigenvalue weighted by molar-refractivity contribution is 0.150. The van der Waals surface area contributed by atoms with Gasteiger partial charge >= 0.3 is 12.8 Å². The zero-order chi connectivity index (χ0) is 19.4. The van der Waals surface area contributed by atoms with Gasteiger partial charge in [-0.3, -0.25) is 13.9 Å². The van der Waals surface area contributed by atoms with Crippen molar-refractivity contribution in [2.24, 2.45) is 5.16 Å². The predicted molar refractivity (Wildman–Crippen MR) is 106 cm³/mol. The molecule has 7 nitrogen and oxygen atoms in total. The summed E-state index contributed by atoms with van der Waals surface area (Å²) in [5.74, 6) is 0.546. The van der Waals surface area contributed by atoms with Crippen LogP contribution in [0, 0.1) is 0 Å². The summed E-state index contributed by atoms with van der Waals surface area (Å²) in [4.78, 5) is 16.3. The molecule has 0 aromatic heterocycles. The highest BCUT2D eigenvalue weighted by molar-refractivity contribution is 8.07. The molecule has 1 aromatic carbocycles. The van der Waals surface area contributed by atoms with Crippen LogP contribution in [0.5, 0.6) is 5.75 Å². The molecule has 0 spiro atoms. The number of oxime groups is 1. The third kappa shape index (κ3) is 8.27. The van der Waals surface area contributed by atoms with Crippen LogP contribution >= 0.6 is 6.72 Å². The first-order valence-electron chi connectivity index (χ1n) is 8.62. The monoisotopic (exact) mass is 402 g/mol. The maximum Gasteiger partial charge on any atom is 0.433 e. The number of carbonyl (C=O) groups excluding carboxylic acids is 1. The molecule has 0 heterocycles. The fourth-order valence-electron chi connectivity index (χ4n) is 1.85. The molecule has 1 rings (SSSR count). The lowest BCUT2D eigenvalue weighted by atomic mass is 10.1. The van der Waals surface area contributed by atoms with Gasteiger partial charge in [0.25, 0.3) is 0 Å². The van der Waals surface area contributed by atoms with Gasteiger partial charge in [0.2, 0.25) is 0 Å². The number of carbonyl (C=O) groups is 1. The number of nitrogens with one attached hydrogen (secondary N) is 1. The van der Waals surface area contributed by atoms with Gasteiger partial charge in [0, 0.05) is 18.4 Å². The maximum absolute atomic E-state index is 11.5. The molecule has 0 saturated carbocycles. The molecule has 1 aromatic rings. The van der Waals surface area contributed by atoms with E-state index in [1.807, 2.05) is 20.8 Å². The maximum atomic E-state index is 11.5. The van der Waals surface area contributed by atoms with Gasteiger partial charge in [0.1, 0.15) is 5.75 Å². The van der Waals surface area contributed by atoms with E-state index in [2.05, 4.69) is 10.5 Å². The Balaban J connectivity index is 2.66. The van der Waals surface area contributed by atoms with Crippen LogP contribution in [0.3, 0.4) is 0 Å². The lowest BCUT2D eigenvalue weighted by Gasteiger charge is -2.21. The number of hydrogen-bond donors (Lipinski definition) is 1. The van der Waals surface area contributed by atoms with Crippen LogP contribution in [0.15, 0.2) is 29.4 Å². The minimum atomic E-state index is -2.79. The fraction of sp³-hybridized carbons (Fsp3) is 0.529. The van der Waals surface area contributed by atoms with Crippen molar-refractivity contribution in [3.05, 3.63) is 29.8 Å². The van der Waals surface area contributed by atoms with E-state index in [4.69, 9.17) is 30.2 Å². The highest BCUT2D eigenvalue weighted by atomic mass is 32.5. The van der Waals surface area contributed by atoms with Crippen LogP contribution in [0.4, 0.5) is 4.79 Å². The van der Waals surface area contributed by atoms with Crippen molar-refractivity contribution in [3.63, 3.8) is 0 Å². The standard InChI is InChI=1S/C17H27N2O5PS/c1-5-8-13-18-17(20)23-19-14(4)15-9-11-16(12-10-15)24-25(26,21-6-2)22-7-3/h9-12H,5-8,13H2,1-4H3,(H,18,20)/b19-14-. The van der Waals surface area contributed by atoms with Crippen molar-refractivity contribution in [2.45, 2.75) is 40.5 Å². The summed E-state index contributed by atoms with van der Waals surface area (Å²) in [5, 5.41) is 6.46. The third-order valence-electron chi connectivity index (χ3n) is 3.13. The van der Waals surface area contributed by atoms with E-state index >= 15 is 0 Å². The van der Waals surface area contributed by atoms with Gasteiger partial charge in [-0.15, -0.1) is 0 Å². The largest absolute Gasteiger partial charge is 0.433 e. The number of benzene rings is 1. The van der Waals surface area contributed by atoms with Gasteiger partial charge in [-0.25, -0.2) is 4.79 Å². The number of nitrogens with zero attached hydrogens (tertiary/aromatic N) is 1. The second kappa shape index (κ2) is 12.0. The van der Waals surface area contributed by atoms with E-state index < -0.39 is 12.8 Å². The molecule has 0 radical (unpaired) electrons. The SMILES string of the molecule is CCCCNC(=O)O/N=C(/C)c1ccc(OP(=S)(OCC)OCC)cc1. The lowest BCUT2D eigenvalue weighted by Crippen LogP contribution is -2.24. The van der Waals surface area contributed by atoms with Crippen LogP contribution in [-0.4, -0.2) is 31.6 Å². The average molecular weight is 402 g/mol. The van der Waals surface area contributed by atoms with E-state index in [9.17, 15) is 4.79 Å². The molecule has 146 valence electrons. The van der Waals surface area contributed by atoms with E-state index in [1.54, 1.807) is 31.2 Å². The molecule has 0 unspecified atom stereocenters. The van der Waals surface area contributed by atoms with Gasteiger partial charge in [-0.1, -0.05) is 18.5 Å². The molecule has 1 amide bonds. The van der Waals surface area contributed by atoms with E-state index in [-0.39, 0.29) is 0 Å². The molecule has 0 aliphatic carbocycles. The number of rotatable bonds is 11. The molecule has 0 atom stereocenters. The smallest absolute Gasteiger partial charge is 0.424 e. The topological polar surface area (TPSA) is 78.4 Å². The van der Waals surface area contributed by atoms with Crippen LogP contribution in [0.1, 0.15) is 46.1 Å². The highest BCUT2D eigenvalue weighted by Gasteiger charge is 2.21. The molecule has 0 aliphatic heterocycles. The molecule has 1 N–H and O–H groups in total. The minimum Gasteiger partial charge on any atom is -0.424 e. The Kier molecular flexibility index (Phi) is 10.4. The summed E-state index contributed by atoms with van der Waals surface area (Å²) in [5.41, 5.74) is 1.36. The first kappa shape index (κ1) is 22.6. The minimum absolute atomic E-state index is 0.415. The number of amides is 1. The molecule has 26 heavy (non-hydrogen) atoms. The summed E-state index contributed by atoms with van der Waals surface area (Å²) in [6.07, 6.45) is 1.33. The Morgan fingerprint density at radius 2 is 1.77 bits per heavy atom. The van der Waals surface area contributed by atoms with Crippen LogP contribution in [0.2, 0.25) is 0 Å². The van der Waals surface area contributed by atoms with Gasteiger partial charge in [0.05, 0.1) is 18.9 Å². The van der Waals surface area contributed by atoms with Crippen molar-refractivity contribution >= 4 is 30.3 Å². The van der Waals surface area contributed by atoms with Crippen molar-refractivity contribution in [3.8, 4) is 5.75 Å². The quantitative estimate of drug-likeness (QED) is 0.191. The molecular weight excluding hydrogens is 375 g/mol. The number of hydrogen-bond acceptors (Lipinski definition) is 7. The van der Waals surface area contributed by atoms with Gasteiger partial charge in [-0.05, 0) is 57.0 Å². The molecular formula is C17H27N2O5PS. The third-order valence-corrected chi connectivity index (χ3v) is 5.57. The fourth-order valence-corrected chi connectivity index (χ4v) is 3.94. The van der Waals surface area contributed by atoms with E-state index in [0.717, 1.165) is 18.4 Å². The first-order chi connectivity index (χ1) is 12.4. The summed E-state index contributed by atoms with van der Waals surface area (Å²) in [7, 11) is 0. The predicted octanol–water partition coefficient (Wildman–Crippen LogP) is 4.61. The average Bonchev–Trinajstić information content (AvgIpc) is 2.61. The van der Waals surface area contributed by atoms with Gasteiger partial charge in [-0.2, -0.15) is 0 Å². The molecule has 0 fully saturated rings. The van der Waals surface area contributed by atoms with Crippen molar-refractivity contribution in [1.82, 2.24) is 5.32 Å². The molecule has 0 bridgehead atoms. The zero-order valence-electron chi connectivity index (χ0n) is 15.7. The summed E-state index contributed by atoms with van der Waals surface area (Å²) in [6, 6.07) is 7.08.